The Morgan fingerprint density at radius 3 is 2.57 bits per heavy atom. The van der Waals surface area contributed by atoms with Gasteiger partial charge in [-0.25, -0.2) is 4.79 Å². The second kappa shape index (κ2) is 6.72. The van der Waals surface area contributed by atoms with E-state index in [-0.39, 0.29) is 12.5 Å². The number of nitrogens with one attached hydrogen (secondary N) is 1. The van der Waals surface area contributed by atoms with Crippen molar-refractivity contribution in [1.29, 1.82) is 0 Å². The molecule has 0 aliphatic carbocycles. The number of nitrogens with zero attached hydrogens (tertiary/aromatic N) is 1. The zero-order valence-corrected chi connectivity index (χ0v) is 12.5. The fourth-order valence-corrected chi connectivity index (χ4v) is 2.42. The Kier molecular flexibility index (Phi) is 4.96. The molecule has 1 aliphatic heterocycles. The highest BCUT2D eigenvalue weighted by atomic mass is 16.3. The minimum Gasteiger partial charge on any atom is -0.387 e. The largest absolute Gasteiger partial charge is 0.387 e. The number of unbranched alkanes of at least 4 members (excludes halogenated alkanes) is 1. The summed E-state index contributed by atoms with van der Waals surface area (Å²) in [5.41, 5.74) is 1.80. The Balaban J connectivity index is 2.00. The lowest BCUT2D eigenvalue weighted by molar-refractivity contribution is -0.128. The molecule has 2 unspecified atom stereocenters. The fraction of sp³-hybridized carbons (Fsp3) is 0.500. The van der Waals surface area contributed by atoms with Crippen molar-refractivity contribution in [2.45, 2.75) is 45.3 Å². The van der Waals surface area contributed by atoms with Crippen LogP contribution in [0.2, 0.25) is 0 Å². The van der Waals surface area contributed by atoms with Gasteiger partial charge in [0.25, 0.3) is 5.91 Å². The highest BCUT2D eigenvalue weighted by Crippen LogP contribution is 2.19. The van der Waals surface area contributed by atoms with Crippen molar-refractivity contribution >= 4 is 11.9 Å². The normalized spacial score (nSPS) is 19.8. The van der Waals surface area contributed by atoms with Crippen LogP contribution in [0.1, 0.15) is 43.4 Å². The standard InChI is InChI=1S/C16H22N2O3/c1-3-4-5-13-15(20)18(16(21)17-13)10-14(19)12-8-6-11(2)7-9-12/h6-9,13-14,19H,3-5,10H2,1-2H3,(H,17,21). The molecule has 1 aliphatic rings. The van der Waals surface area contributed by atoms with Crippen LogP contribution in [0.3, 0.4) is 0 Å². The molecule has 114 valence electrons. The molecular weight excluding hydrogens is 268 g/mol. The molecule has 5 heteroatoms. The van der Waals surface area contributed by atoms with Crippen molar-refractivity contribution in [2.75, 3.05) is 6.54 Å². The minimum absolute atomic E-state index is 0.00362. The van der Waals surface area contributed by atoms with Crippen LogP contribution in [0.25, 0.3) is 0 Å². The van der Waals surface area contributed by atoms with Gasteiger partial charge in [0.05, 0.1) is 12.6 Å². The van der Waals surface area contributed by atoms with Gasteiger partial charge in [-0.1, -0.05) is 49.6 Å². The van der Waals surface area contributed by atoms with Crippen molar-refractivity contribution in [2.24, 2.45) is 0 Å². The number of aryl methyl sites for hydroxylation is 1. The number of urea groups is 1. The summed E-state index contributed by atoms with van der Waals surface area (Å²) in [4.78, 5) is 25.2. The zero-order chi connectivity index (χ0) is 15.4. The maximum Gasteiger partial charge on any atom is 0.324 e. The summed E-state index contributed by atoms with van der Waals surface area (Å²) in [5, 5.41) is 12.9. The minimum atomic E-state index is -0.856. The lowest BCUT2D eigenvalue weighted by Crippen LogP contribution is -2.35. The number of carbonyl (C=O) groups is 2. The van der Waals surface area contributed by atoms with E-state index >= 15 is 0 Å². The van der Waals surface area contributed by atoms with E-state index in [1.165, 1.54) is 0 Å². The predicted molar refractivity (Wildman–Crippen MR) is 79.7 cm³/mol. The number of hydrogen-bond acceptors (Lipinski definition) is 3. The molecule has 1 heterocycles. The van der Waals surface area contributed by atoms with Gasteiger partial charge in [-0.3, -0.25) is 9.69 Å². The molecule has 0 saturated carbocycles. The smallest absolute Gasteiger partial charge is 0.324 e. The van der Waals surface area contributed by atoms with E-state index in [0.717, 1.165) is 23.3 Å². The number of amides is 3. The van der Waals surface area contributed by atoms with Gasteiger partial charge in [-0.15, -0.1) is 0 Å². The van der Waals surface area contributed by atoms with E-state index in [2.05, 4.69) is 5.32 Å². The number of imide groups is 1. The maximum absolute atomic E-state index is 12.2. The van der Waals surface area contributed by atoms with Gasteiger partial charge in [0.2, 0.25) is 0 Å². The summed E-state index contributed by atoms with van der Waals surface area (Å²) in [6.45, 7) is 4.00. The van der Waals surface area contributed by atoms with Crippen molar-refractivity contribution in [1.82, 2.24) is 10.2 Å². The third-order valence-electron chi connectivity index (χ3n) is 3.77. The first-order valence-electron chi connectivity index (χ1n) is 7.39. The number of hydrogen-bond donors (Lipinski definition) is 2. The summed E-state index contributed by atoms with van der Waals surface area (Å²) < 4.78 is 0. The van der Waals surface area contributed by atoms with Crippen LogP contribution in [-0.4, -0.2) is 34.5 Å². The maximum atomic E-state index is 12.2. The van der Waals surface area contributed by atoms with E-state index in [1.807, 2.05) is 38.1 Å². The Morgan fingerprint density at radius 2 is 1.95 bits per heavy atom. The second-order valence-corrected chi connectivity index (χ2v) is 5.52. The van der Waals surface area contributed by atoms with Crippen LogP contribution in [0.4, 0.5) is 4.79 Å². The highest BCUT2D eigenvalue weighted by Gasteiger charge is 2.38. The second-order valence-electron chi connectivity index (χ2n) is 5.52. The Hall–Kier alpha value is -1.88. The van der Waals surface area contributed by atoms with Gasteiger partial charge in [-0.05, 0) is 18.9 Å². The monoisotopic (exact) mass is 290 g/mol. The van der Waals surface area contributed by atoms with Gasteiger partial charge < -0.3 is 10.4 Å². The molecule has 2 atom stereocenters. The van der Waals surface area contributed by atoms with Crippen LogP contribution >= 0.6 is 0 Å². The molecule has 3 amide bonds. The van der Waals surface area contributed by atoms with Crippen molar-refractivity contribution in [3.8, 4) is 0 Å². The van der Waals surface area contributed by atoms with Crippen molar-refractivity contribution in [3.63, 3.8) is 0 Å². The Bertz CT molecular complexity index is 513. The molecule has 1 aromatic rings. The molecule has 1 aromatic carbocycles. The third kappa shape index (κ3) is 3.61. The summed E-state index contributed by atoms with van der Waals surface area (Å²) in [6.07, 6.45) is 1.67. The molecule has 1 saturated heterocycles. The lowest BCUT2D eigenvalue weighted by Gasteiger charge is -2.18. The first-order valence-corrected chi connectivity index (χ1v) is 7.39. The van der Waals surface area contributed by atoms with Crippen LogP contribution in [-0.2, 0) is 4.79 Å². The van der Waals surface area contributed by atoms with Gasteiger partial charge in [0, 0.05) is 0 Å². The molecule has 5 nitrogen and oxygen atoms in total. The van der Waals surface area contributed by atoms with E-state index in [9.17, 15) is 14.7 Å². The SMILES string of the molecule is CCCCC1NC(=O)N(CC(O)c2ccc(C)cc2)C1=O. The fourth-order valence-electron chi connectivity index (χ4n) is 2.42. The van der Waals surface area contributed by atoms with Gasteiger partial charge >= 0.3 is 6.03 Å². The molecule has 1 fully saturated rings. The van der Waals surface area contributed by atoms with Crippen molar-refractivity contribution < 1.29 is 14.7 Å². The molecule has 0 radical (unpaired) electrons. The number of β-amino-alcohol motifs (C(OH)–C–C–N with tert-alkyl or cyclic N) is 1. The topological polar surface area (TPSA) is 69.6 Å². The quantitative estimate of drug-likeness (QED) is 0.789. The molecule has 2 rings (SSSR count). The van der Waals surface area contributed by atoms with Gasteiger partial charge in [-0.2, -0.15) is 0 Å². The van der Waals surface area contributed by atoms with Crippen LogP contribution in [0, 0.1) is 6.92 Å². The summed E-state index contributed by atoms with van der Waals surface area (Å²) in [6, 6.07) is 6.57. The Morgan fingerprint density at radius 1 is 1.29 bits per heavy atom. The van der Waals surface area contributed by atoms with Crippen LogP contribution in [0.5, 0.6) is 0 Å². The van der Waals surface area contributed by atoms with Crippen LogP contribution < -0.4 is 5.32 Å². The van der Waals surface area contributed by atoms with Gasteiger partial charge in [0.1, 0.15) is 6.04 Å². The summed E-state index contributed by atoms with van der Waals surface area (Å²) in [5.74, 6) is -0.236. The molecule has 2 N–H and O–H groups in total. The predicted octanol–water partition coefficient (Wildman–Crippen LogP) is 2.14. The number of benzene rings is 1. The van der Waals surface area contributed by atoms with E-state index < -0.39 is 18.2 Å². The lowest BCUT2D eigenvalue weighted by atomic mass is 10.1. The Labute approximate surface area is 125 Å². The van der Waals surface area contributed by atoms with Gasteiger partial charge in [0.15, 0.2) is 0 Å². The van der Waals surface area contributed by atoms with Crippen LogP contribution in [0.15, 0.2) is 24.3 Å². The molecule has 0 spiro atoms. The number of carbonyl (C=O) groups excluding carboxylic acids is 2. The summed E-state index contributed by atoms with van der Waals surface area (Å²) in [7, 11) is 0. The molecule has 0 bridgehead atoms. The third-order valence-corrected chi connectivity index (χ3v) is 3.77. The van der Waals surface area contributed by atoms with E-state index in [1.54, 1.807) is 0 Å². The first-order chi connectivity index (χ1) is 10.0. The van der Waals surface area contributed by atoms with E-state index in [0.29, 0.717) is 12.0 Å². The molecule has 0 aromatic heterocycles. The zero-order valence-electron chi connectivity index (χ0n) is 12.5. The molecular formula is C16H22N2O3. The number of aliphatic hydroxyl groups is 1. The molecule has 21 heavy (non-hydrogen) atoms. The number of aliphatic hydroxyl groups excluding tert-OH is 1. The average molecular weight is 290 g/mol. The first kappa shape index (κ1) is 15.5. The highest BCUT2D eigenvalue weighted by molar-refractivity contribution is 6.04. The number of rotatable bonds is 6. The van der Waals surface area contributed by atoms with Crippen molar-refractivity contribution in [3.05, 3.63) is 35.4 Å². The van der Waals surface area contributed by atoms with E-state index in [4.69, 9.17) is 0 Å². The average Bonchev–Trinajstić information content (AvgIpc) is 2.73. The summed E-state index contributed by atoms with van der Waals surface area (Å²) >= 11 is 0.